The molecule has 0 heterocycles. The van der Waals surface area contributed by atoms with Gasteiger partial charge in [-0.3, -0.25) is 4.79 Å². The highest BCUT2D eigenvalue weighted by molar-refractivity contribution is 6.68. The molecular formula is C24H25ClO8. The Balaban J connectivity index is 2.27. The van der Waals surface area contributed by atoms with Crippen LogP contribution in [0, 0.1) is 0 Å². The maximum absolute atomic E-state index is 12.2. The highest BCUT2D eigenvalue weighted by atomic mass is 35.5. The average molecular weight is 477 g/mol. The smallest absolute Gasteiger partial charge is 0.339 e. The van der Waals surface area contributed by atoms with Gasteiger partial charge in [0.2, 0.25) is 0 Å². The Bertz CT molecular complexity index is 950. The van der Waals surface area contributed by atoms with Crippen LogP contribution in [-0.4, -0.2) is 41.5 Å². The zero-order valence-corrected chi connectivity index (χ0v) is 19.1. The van der Waals surface area contributed by atoms with Crippen LogP contribution in [0.1, 0.15) is 81.0 Å². The maximum Gasteiger partial charge on any atom is 0.339 e. The number of hydrogen-bond donors (Lipinski definition) is 1. The summed E-state index contributed by atoms with van der Waals surface area (Å²) in [6.07, 6.45) is 3.02. The highest BCUT2D eigenvalue weighted by Gasteiger charge is 2.21. The lowest BCUT2D eigenvalue weighted by Crippen LogP contribution is -2.12. The molecule has 0 atom stereocenters. The summed E-state index contributed by atoms with van der Waals surface area (Å²) in [4.78, 5) is 48.0. The molecule has 2 aromatic carbocycles. The molecule has 0 amide bonds. The molecule has 0 saturated heterocycles. The van der Waals surface area contributed by atoms with Gasteiger partial charge in [-0.25, -0.2) is 14.4 Å². The zero-order valence-electron chi connectivity index (χ0n) is 18.4. The van der Waals surface area contributed by atoms with Gasteiger partial charge in [-0.15, -0.1) is 0 Å². The van der Waals surface area contributed by atoms with Crippen LogP contribution in [0.2, 0.25) is 0 Å². The van der Waals surface area contributed by atoms with Crippen LogP contribution in [0.4, 0.5) is 0 Å². The van der Waals surface area contributed by atoms with Gasteiger partial charge in [-0.2, -0.15) is 0 Å². The van der Waals surface area contributed by atoms with Crippen LogP contribution < -0.4 is 4.74 Å². The molecule has 0 bridgehead atoms. The number of unbranched alkanes of at least 4 members (excludes halogenated alkanes) is 2. The van der Waals surface area contributed by atoms with Gasteiger partial charge >= 0.3 is 17.9 Å². The first-order valence-electron chi connectivity index (χ1n) is 10.5. The SMILES string of the molecule is CCCCOC(=O)c1ccc(Oc2ccc(C(=O)OCCCC)c(C(=O)Cl)c2)cc1C(=O)O. The molecule has 0 aliphatic heterocycles. The molecule has 2 aromatic rings. The molecule has 0 fully saturated rings. The molecule has 0 aliphatic carbocycles. The predicted molar refractivity (Wildman–Crippen MR) is 120 cm³/mol. The van der Waals surface area contributed by atoms with E-state index in [0.29, 0.717) is 12.8 Å². The van der Waals surface area contributed by atoms with E-state index in [-0.39, 0.29) is 47.0 Å². The van der Waals surface area contributed by atoms with Crippen molar-refractivity contribution in [1.82, 2.24) is 0 Å². The molecule has 0 unspecified atom stereocenters. The molecule has 9 heteroatoms. The van der Waals surface area contributed by atoms with Crippen molar-refractivity contribution in [2.45, 2.75) is 39.5 Å². The molecule has 0 saturated carbocycles. The minimum Gasteiger partial charge on any atom is -0.478 e. The van der Waals surface area contributed by atoms with Crippen molar-refractivity contribution in [2.24, 2.45) is 0 Å². The lowest BCUT2D eigenvalue weighted by atomic mass is 10.1. The number of esters is 2. The minimum absolute atomic E-state index is 0.00477. The van der Waals surface area contributed by atoms with Crippen molar-refractivity contribution in [3.05, 3.63) is 58.7 Å². The largest absolute Gasteiger partial charge is 0.478 e. The van der Waals surface area contributed by atoms with Gasteiger partial charge in [-0.1, -0.05) is 26.7 Å². The standard InChI is InChI=1S/C24H25ClO8/c1-3-5-11-31-23(29)17-9-7-15(13-19(17)21(25)26)33-16-8-10-18(20(14-16)22(27)28)24(30)32-12-6-4-2/h7-10,13-14H,3-6,11-12H2,1-2H3,(H,27,28). The summed E-state index contributed by atoms with van der Waals surface area (Å²) in [6.45, 7) is 4.29. The number of rotatable bonds is 12. The Labute approximate surface area is 196 Å². The Kier molecular flexibility index (Phi) is 9.87. The quantitative estimate of drug-likeness (QED) is 0.243. The molecule has 2 rings (SSSR count). The molecule has 0 spiro atoms. The van der Waals surface area contributed by atoms with E-state index in [4.69, 9.17) is 25.8 Å². The van der Waals surface area contributed by atoms with Gasteiger partial charge in [-0.05, 0) is 60.8 Å². The van der Waals surface area contributed by atoms with Gasteiger partial charge in [0.25, 0.3) is 5.24 Å². The van der Waals surface area contributed by atoms with E-state index in [1.54, 1.807) is 0 Å². The van der Waals surface area contributed by atoms with Crippen LogP contribution in [0.25, 0.3) is 0 Å². The molecular weight excluding hydrogens is 452 g/mol. The van der Waals surface area contributed by atoms with E-state index in [1.807, 2.05) is 13.8 Å². The fourth-order valence-corrected chi connectivity index (χ4v) is 2.94. The van der Waals surface area contributed by atoms with E-state index in [9.17, 15) is 24.3 Å². The fraction of sp³-hybridized carbons (Fsp3) is 0.333. The van der Waals surface area contributed by atoms with Crippen molar-refractivity contribution < 1.29 is 38.5 Å². The normalized spacial score (nSPS) is 10.4. The number of carboxylic acid groups (broad SMARTS) is 1. The van der Waals surface area contributed by atoms with Crippen molar-refractivity contribution in [3.63, 3.8) is 0 Å². The Morgan fingerprint density at radius 2 is 1.21 bits per heavy atom. The molecule has 0 radical (unpaired) electrons. The van der Waals surface area contributed by atoms with Gasteiger partial charge in [0.15, 0.2) is 0 Å². The lowest BCUT2D eigenvalue weighted by molar-refractivity contribution is 0.0485. The fourth-order valence-electron chi connectivity index (χ4n) is 2.78. The second-order valence-electron chi connectivity index (χ2n) is 7.07. The first-order chi connectivity index (χ1) is 15.8. The molecule has 0 aliphatic rings. The summed E-state index contributed by atoms with van der Waals surface area (Å²) in [5.41, 5.74) is -0.508. The summed E-state index contributed by atoms with van der Waals surface area (Å²) < 4.78 is 15.9. The summed E-state index contributed by atoms with van der Waals surface area (Å²) in [6, 6.07) is 7.90. The van der Waals surface area contributed by atoms with Gasteiger partial charge in [0.05, 0.1) is 35.5 Å². The highest BCUT2D eigenvalue weighted by Crippen LogP contribution is 2.28. The van der Waals surface area contributed by atoms with Crippen LogP contribution >= 0.6 is 11.6 Å². The van der Waals surface area contributed by atoms with E-state index in [2.05, 4.69) is 0 Å². The maximum atomic E-state index is 12.2. The van der Waals surface area contributed by atoms with Crippen molar-refractivity contribution >= 4 is 34.8 Å². The Morgan fingerprint density at radius 1 is 0.758 bits per heavy atom. The molecule has 8 nitrogen and oxygen atoms in total. The van der Waals surface area contributed by atoms with E-state index >= 15 is 0 Å². The summed E-state index contributed by atoms with van der Waals surface area (Å²) in [5.74, 6) is -2.52. The number of carboxylic acids is 1. The third-order valence-corrected chi connectivity index (χ3v) is 4.77. The number of halogens is 1. The monoisotopic (exact) mass is 476 g/mol. The van der Waals surface area contributed by atoms with Crippen molar-refractivity contribution in [2.75, 3.05) is 13.2 Å². The van der Waals surface area contributed by atoms with Crippen molar-refractivity contribution in [3.8, 4) is 11.5 Å². The molecule has 1 N–H and O–H groups in total. The number of aromatic carboxylic acids is 1. The van der Waals surface area contributed by atoms with Crippen LogP contribution in [0.15, 0.2) is 36.4 Å². The van der Waals surface area contributed by atoms with Gasteiger partial charge in [0.1, 0.15) is 11.5 Å². The van der Waals surface area contributed by atoms with Crippen LogP contribution in [0.5, 0.6) is 11.5 Å². The van der Waals surface area contributed by atoms with E-state index in [0.717, 1.165) is 12.8 Å². The van der Waals surface area contributed by atoms with E-state index in [1.165, 1.54) is 36.4 Å². The summed E-state index contributed by atoms with van der Waals surface area (Å²) in [7, 11) is 0. The lowest BCUT2D eigenvalue weighted by Gasteiger charge is -2.12. The van der Waals surface area contributed by atoms with Crippen LogP contribution in [0.3, 0.4) is 0 Å². The summed E-state index contributed by atoms with van der Waals surface area (Å²) in [5, 5.41) is 8.63. The Morgan fingerprint density at radius 3 is 1.64 bits per heavy atom. The second-order valence-corrected chi connectivity index (χ2v) is 7.42. The first kappa shape index (κ1) is 25.9. The van der Waals surface area contributed by atoms with Crippen LogP contribution in [-0.2, 0) is 9.47 Å². The van der Waals surface area contributed by atoms with E-state index < -0.39 is 23.2 Å². The number of ether oxygens (including phenoxy) is 3. The minimum atomic E-state index is -1.33. The van der Waals surface area contributed by atoms with Gasteiger partial charge < -0.3 is 19.3 Å². The number of hydrogen-bond acceptors (Lipinski definition) is 7. The zero-order chi connectivity index (χ0) is 24.4. The number of carbonyl (C=O) groups excluding carboxylic acids is 3. The Hall–Kier alpha value is -3.39. The second kappa shape index (κ2) is 12.6. The average Bonchev–Trinajstić information content (AvgIpc) is 2.79. The van der Waals surface area contributed by atoms with Crippen molar-refractivity contribution in [1.29, 1.82) is 0 Å². The van der Waals surface area contributed by atoms with Gasteiger partial charge in [0, 0.05) is 0 Å². The third-order valence-electron chi connectivity index (χ3n) is 4.56. The summed E-state index contributed by atoms with van der Waals surface area (Å²) >= 11 is 5.63. The third kappa shape index (κ3) is 7.32. The number of carbonyl (C=O) groups is 4. The molecule has 0 aromatic heterocycles. The number of benzene rings is 2. The molecule has 33 heavy (non-hydrogen) atoms. The molecule has 176 valence electrons. The predicted octanol–water partition coefficient (Wildman–Crippen LogP) is 5.47. The topological polar surface area (TPSA) is 116 Å². The first-order valence-corrected chi connectivity index (χ1v) is 10.9.